The van der Waals surface area contributed by atoms with Crippen molar-refractivity contribution in [2.75, 3.05) is 0 Å². The first kappa shape index (κ1) is 15.5. The third-order valence-electron chi connectivity index (χ3n) is 2.79. The van der Waals surface area contributed by atoms with Crippen LogP contribution in [-0.4, -0.2) is 21.9 Å². The molecule has 0 saturated heterocycles. The predicted octanol–water partition coefficient (Wildman–Crippen LogP) is 2.70. The number of non-ortho nitro benzene ring substituents is 2. The van der Waals surface area contributed by atoms with Crippen LogP contribution in [0, 0.1) is 26.1 Å². The summed E-state index contributed by atoms with van der Waals surface area (Å²) in [4.78, 5) is 31.7. The lowest BCUT2D eigenvalue weighted by Gasteiger charge is -2.16. The van der Waals surface area contributed by atoms with Gasteiger partial charge in [0.2, 0.25) is 0 Å². The quantitative estimate of drug-likeness (QED) is 0.466. The van der Waals surface area contributed by atoms with Crippen LogP contribution in [0.1, 0.15) is 31.1 Å². The van der Waals surface area contributed by atoms with E-state index in [-0.39, 0.29) is 11.5 Å². The Labute approximate surface area is 114 Å². The monoisotopic (exact) mass is 282 g/mol. The van der Waals surface area contributed by atoms with Gasteiger partial charge in [0.05, 0.1) is 21.5 Å². The Morgan fingerprint density at radius 1 is 1.05 bits per heavy atom. The van der Waals surface area contributed by atoms with Gasteiger partial charge in [-0.1, -0.05) is 13.8 Å². The highest BCUT2D eigenvalue weighted by molar-refractivity contribution is 5.91. The molecule has 0 bridgehead atoms. The SMILES string of the molecule is CC(C)C(C)OC(=O)c1cc([N+](=O)[O-])cc([N+](=O)[O-])c1. The van der Waals surface area contributed by atoms with Crippen molar-refractivity contribution in [3.63, 3.8) is 0 Å². The smallest absolute Gasteiger partial charge is 0.338 e. The number of hydrogen-bond donors (Lipinski definition) is 0. The normalized spacial score (nSPS) is 12.0. The fraction of sp³-hybridized carbons (Fsp3) is 0.417. The van der Waals surface area contributed by atoms with E-state index in [4.69, 9.17) is 4.74 Å². The van der Waals surface area contributed by atoms with Gasteiger partial charge in [0.15, 0.2) is 0 Å². The number of carbonyl (C=O) groups is 1. The van der Waals surface area contributed by atoms with E-state index in [0.29, 0.717) is 0 Å². The number of nitro benzene ring substituents is 2. The zero-order chi connectivity index (χ0) is 15.4. The number of benzene rings is 1. The van der Waals surface area contributed by atoms with Gasteiger partial charge in [0.25, 0.3) is 11.4 Å². The summed E-state index contributed by atoms with van der Waals surface area (Å²) in [5.74, 6) is -0.759. The highest BCUT2D eigenvalue weighted by Crippen LogP contribution is 2.23. The summed E-state index contributed by atoms with van der Waals surface area (Å²) in [5, 5.41) is 21.4. The topological polar surface area (TPSA) is 113 Å². The zero-order valence-corrected chi connectivity index (χ0v) is 11.2. The molecule has 0 fully saturated rings. The van der Waals surface area contributed by atoms with Crippen LogP contribution in [0.15, 0.2) is 18.2 Å². The second kappa shape index (κ2) is 6.09. The van der Waals surface area contributed by atoms with Crippen LogP contribution < -0.4 is 0 Å². The third kappa shape index (κ3) is 3.74. The molecule has 0 amide bonds. The molecule has 0 saturated carbocycles. The van der Waals surface area contributed by atoms with Crippen molar-refractivity contribution < 1.29 is 19.4 Å². The molecule has 0 spiro atoms. The second-order valence-corrected chi connectivity index (χ2v) is 4.61. The molecule has 20 heavy (non-hydrogen) atoms. The molecule has 8 heteroatoms. The molecule has 0 radical (unpaired) electrons. The fourth-order valence-electron chi connectivity index (χ4n) is 1.30. The molecular weight excluding hydrogens is 268 g/mol. The molecular formula is C12H14N2O6. The van der Waals surface area contributed by atoms with Crippen LogP contribution >= 0.6 is 0 Å². The number of rotatable bonds is 5. The summed E-state index contributed by atoms with van der Waals surface area (Å²) in [7, 11) is 0. The maximum atomic E-state index is 11.8. The molecule has 8 nitrogen and oxygen atoms in total. The first-order chi connectivity index (χ1) is 9.22. The molecule has 0 aliphatic rings. The van der Waals surface area contributed by atoms with Crippen molar-refractivity contribution in [1.82, 2.24) is 0 Å². The minimum absolute atomic E-state index is 0.0626. The number of ether oxygens (including phenoxy) is 1. The van der Waals surface area contributed by atoms with Crippen LogP contribution in [0.3, 0.4) is 0 Å². The van der Waals surface area contributed by atoms with Gasteiger partial charge in [-0.2, -0.15) is 0 Å². The molecule has 0 N–H and O–H groups in total. The summed E-state index contributed by atoms with van der Waals surface area (Å²) in [6.45, 7) is 5.36. The predicted molar refractivity (Wildman–Crippen MR) is 69.5 cm³/mol. The van der Waals surface area contributed by atoms with Crippen molar-refractivity contribution >= 4 is 17.3 Å². The Morgan fingerprint density at radius 3 is 1.85 bits per heavy atom. The van der Waals surface area contributed by atoms with Crippen molar-refractivity contribution in [2.24, 2.45) is 5.92 Å². The van der Waals surface area contributed by atoms with E-state index in [9.17, 15) is 25.0 Å². The number of nitrogens with zero attached hydrogens (tertiary/aromatic N) is 2. The number of hydrogen-bond acceptors (Lipinski definition) is 6. The van der Waals surface area contributed by atoms with Crippen LogP contribution in [0.25, 0.3) is 0 Å². The van der Waals surface area contributed by atoms with Crippen LogP contribution in [0.5, 0.6) is 0 Å². The molecule has 1 atom stereocenters. The van der Waals surface area contributed by atoms with E-state index in [2.05, 4.69) is 0 Å². The second-order valence-electron chi connectivity index (χ2n) is 4.61. The van der Waals surface area contributed by atoms with Gasteiger partial charge in [-0.25, -0.2) is 4.79 Å². The minimum atomic E-state index is -0.821. The molecule has 1 unspecified atom stereocenters. The summed E-state index contributed by atoms with van der Waals surface area (Å²) >= 11 is 0. The van der Waals surface area contributed by atoms with E-state index in [0.717, 1.165) is 18.2 Å². The third-order valence-corrected chi connectivity index (χ3v) is 2.79. The average Bonchev–Trinajstić information content (AvgIpc) is 2.37. The van der Waals surface area contributed by atoms with E-state index >= 15 is 0 Å². The van der Waals surface area contributed by atoms with E-state index in [1.807, 2.05) is 13.8 Å². The lowest BCUT2D eigenvalue weighted by Crippen LogP contribution is -2.20. The zero-order valence-electron chi connectivity index (χ0n) is 11.2. The Morgan fingerprint density at radius 2 is 1.50 bits per heavy atom. The van der Waals surface area contributed by atoms with Crippen LogP contribution in [0.4, 0.5) is 11.4 Å². The highest BCUT2D eigenvalue weighted by atomic mass is 16.6. The molecule has 1 rings (SSSR count). The van der Waals surface area contributed by atoms with Crippen LogP contribution in [0.2, 0.25) is 0 Å². The Kier molecular flexibility index (Phi) is 4.73. The molecule has 0 aliphatic heterocycles. The minimum Gasteiger partial charge on any atom is -0.459 e. The van der Waals surface area contributed by atoms with E-state index in [1.54, 1.807) is 6.92 Å². The number of esters is 1. The van der Waals surface area contributed by atoms with Crippen molar-refractivity contribution in [3.8, 4) is 0 Å². The fourth-order valence-corrected chi connectivity index (χ4v) is 1.30. The van der Waals surface area contributed by atoms with E-state index < -0.39 is 33.3 Å². The summed E-state index contributed by atoms with van der Waals surface area (Å²) in [6.07, 6.45) is -0.402. The van der Waals surface area contributed by atoms with Crippen molar-refractivity contribution in [1.29, 1.82) is 0 Å². The lowest BCUT2D eigenvalue weighted by atomic mass is 10.1. The molecule has 108 valence electrons. The van der Waals surface area contributed by atoms with Gasteiger partial charge < -0.3 is 4.74 Å². The average molecular weight is 282 g/mol. The highest BCUT2D eigenvalue weighted by Gasteiger charge is 2.22. The standard InChI is InChI=1S/C12H14N2O6/c1-7(2)8(3)20-12(15)9-4-10(13(16)17)6-11(5-9)14(18)19/h4-8H,1-3H3. The van der Waals surface area contributed by atoms with Gasteiger partial charge in [-0.15, -0.1) is 0 Å². The van der Waals surface area contributed by atoms with Gasteiger partial charge >= 0.3 is 5.97 Å². The summed E-state index contributed by atoms with van der Waals surface area (Å²) < 4.78 is 5.08. The van der Waals surface area contributed by atoms with Gasteiger partial charge in [0.1, 0.15) is 6.10 Å². The van der Waals surface area contributed by atoms with Crippen molar-refractivity contribution in [2.45, 2.75) is 26.9 Å². The van der Waals surface area contributed by atoms with Gasteiger partial charge in [-0.3, -0.25) is 20.2 Å². The van der Waals surface area contributed by atoms with Gasteiger partial charge in [0, 0.05) is 12.1 Å². The maximum absolute atomic E-state index is 11.8. The number of nitro groups is 2. The first-order valence-corrected chi connectivity index (χ1v) is 5.87. The molecule has 0 heterocycles. The molecule has 0 aliphatic carbocycles. The Bertz CT molecular complexity index is 523. The maximum Gasteiger partial charge on any atom is 0.338 e. The van der Waals surface area contributed by atoms with Gasteiger partial charge in [-0.05, 0) is 12.8 Å². The summed E-state index contributed by atoms with van der Waals surface area (Å²) in [5.41, 5.74) is -1.26. The van der Waals surface area contributed by atoms with Crippen molar-refractivity contribution in [3.05, 3.63) is 44.0 Å². The van der Waals surface area contributed by atoms with E-state index in [1.165, 1.54) is 0 Å². The summed E-state index contributed by atoms with van der Waals surface area (Å²) in [6, 6.07) is 2.72. The van der Waals surface area contributed by atoms with Crippen LogP contribution in [-0.2, 0) is 4.74 Å². The Balaban J connectivity index is 3.13. The lowest BCUT2D eigenvalue weighted by molar-refractivity contribution is -0.394. The number of carbonyl (C=O) groups excluding carboxylic acids is 1. The molecule has 1 aromatic carbocycles. The largest absolute Gasteiger partial charge is 0.459 e. The molecule has 0 aromatic heterocycles. The first-order valence-electron chi connectivity index (χ1n) is 5.87. The molecule has 1 aromatic rings. The Hall–Kier alpha value is -2.51.